The quantitative estimate of drug-likeness (QED) is 0.848. The zero-order valence-corrected chi connectivity index (χ0v) is 11.9. The van der Waals surface area contributed by atoms with Crippen LogP contribution >= 0.6 is 15.9 Å². The number of fused-ring (bicyclic) bond motifs is 1. The number of benzene rings is 1. The first-order valence-corrected chi connectivity index (χ1v) is 6.81. The number of rotatable bonds is 5. The van der Waals surface area contributed by atoms with Crippen LogP contribution in [0.4, 0.5) is 0 Å². The average Bonchev–Trinajstić information content (AvgIpc) is 2.81. The SMILES string of the molecule is C#CC(CCC)NCc1cc2c(cc1Br)OCO2. The molecule has 0 radical (unpaired) electrons. The Hall–Kier alpha value is -1.18. The Morgan fingerprint density at radius 3 is 2.83 bits per heavy atom. The van der Waals surface area contributed by atoms with Crippen molar-refractivity contribution < 1.29 is 9.47 Å². The van der Waals surface area contributed by atoms with Gasteiger partial charge < -0.3 is 9.47 Å². The van der Waals surface area contributed by atoms with Crippen molar-refractivity contribution in [3.63, 3.8) is 0 Å². The van der Waals surface area contributed by atoms with Crippen molar-refractivity contribution in [1.29, 1.82) is 0 Å². The second-order valence-corrected chi connectivity index (χ2v) is 5.04. The number of nitrogens with one attached hydrogen (secondary N) is 1. The Morgan fingerprint density at radius 2 is 2.17 bits per heavy atom. The number of ether oxygens (including phenoxy) is 2. The third-order valence-corrected chi connectivity index (χ3v) is 3.60. The topological polar surface area (TPSA) is 30.5 Å². The third kappa shape index (κ3) is 2.98. The Kier molecular flexibility index (Phi) is 4.51. The van der Waals surface area contributed by atoms with Crippen molar-refractivity contribution in [2.24, 2.45) is 0 Å². The predicted molar refractivity (Wildman–Crippen MR) is 74.6 cm³/mol. The summed E-state index contributed by atoms with van der Waals surface area (Å²) < 4.78 is 11.7. The number of hydrogen-bond donors (Lipinski definition) is 1. The van der Waals surface area contributed by atoms with Crippen molar-refractivity contribution in [3.8, 4) is 23.8 Å². The minimum Gasteiger partial charge on any atom is -0.454 e. The summed E-state index contributed by atoms with van der Waals surface area (Å²) in [6.45, 7) is 3.13. The molecule has 1 unspecified atom stereocenters. The summed E-state index contributed by atoms with van der Waals surface area (Å²) >= 11 is 3.53. The highest BCUT2D eigenvalue weighted by atomic mass is 79.9. The molecular formula is C14H16BrNO2. The Bertz CT molecular complexity index is 468. The van der Waals surface area contributed by atoms with Gasteiger partial charge >= 0.3 is 0 Å². The molecule has 0 bridgehead atoms. The van der Waals surface area contributed by atoms with E-state index in [1.807, 2.05) is 12.1 Å². The van der Waals surface area contributed by atoms with Crippen molar-refractivity contribution in [3.05, 3.63) is 22.2 Å². The molecule has 3 nitrogen and oxygen atoms in total. The van der Waals surface area contributed by atoms with Crippen LogP contribution in [0.5, 0.6) is 11.5 Å². The molecule has 0 saturated heterocycles. The number of halogens is 1. The zero-order chi connectivity index (χ0) is 13.0. The molecule has 2 rings (SSSR count). The lowest BCUT2D eigenvalue weighted by atomic mass is 10.1. The maximum Gasteiger partial charge on any atom is 0.231 e. The molecule has 0 fully saturated rings. The Balaban J connectivity index is 2.04. The molecule has 0 saturated carbocycles. The van der Waals surface area contributed by atoms with Crippen molar-refractivity contribution in [1.82, 2.24) is 5.32 Å². The average molecular weight is 310 g/mol. The van der Waals surface area contributed by atoms with Crippen LogP contribution in [-0.4, -0.2) is 12.8 Å². The first kappa shape index (κ1) is 13.3. The van der Waals surface area contributed by atoms with E-state index in [1.165, 1.54) is 0 Å². The van der Waals surface area contributed by atoms with E-state index in [9.17, 15) is 0 Å². The lowest BCUT2D eigenvalue weighted by Gasteiger charge is -2.13. The van der Waals surface area contributed by atoms with Gasteiger partial charge in [-0.3, -0.25) is 5.32 Å². The summed E-state index contributed by atoms with van der Waals surface area (Å²) in [6, 6.07) is 4.04. The van der Waals surface area contributed by atoms with Crippen LogP contribution in [0.3, 0.4) is 0 Å². The van der Waals surface area contributed by atoms with Crippen molar-refractivity contribution in [2.75, 3.05) is 6.79 Å². The Labute approximate surface area is 116 Å². The number of terminal acetylenes is 1. The molecule has 1 aromatic carbocycles. The van der Waals surface area contributed by atoms with E-state index in [0.717, 1.165) is 34.4 Å². The largest absolute Gasteiger partial charge is 0.454 e. The summed E-state index contributed by atoms with van der Waals surface area (Å²) in [5, 5.41) is 3.36. The van der Waals surface area contributed by atoms with Gasteiger partial charge in [0.2, 0.25) is 6.79 Å². The summed E-state index contributed by atoms with van der Waals surface area (Å²) in [7, 11) is 0. The van der Waals surface area contributed by atoms with E-state index in [-0.39, 0.29) is 6.04 Å². The highest BCUT2D eigenvalue weighted by molar-refractivity contribution is 9.10. The smallest absolute Gasteiger partial charge is 0.231 e. The molecule has 1 aromatic rings. The van der Waals surface area contributed by atoms with E-state index >= 15 is 0 Å². The molecule has 4 heteroatoms. The van der Waals surface area contributed by atoms with Crippen LogP contribution < -0.4 is 14.8 Å². The van der Waals surface area contributed by atoms with Gasteiger partial charge in [-0.05, 0) is 24.1 Å². The fraction of sp³-hybridized carbons (Fsp3) is 0.429. The summed E-state index contributed by atoms with van der Waals surface area (Å²) in [5.41, 5.74) is 1.12. The maximum atomic E-state index is 5.48. The molecule has 1 aliphatic heterocycles. The normalized spacial score (nSPS) is 14.3. The zero-order valence-electron chi connectivity index (χ0n) is 10.3. The molecule has 0 aliphatic carbocycles. The number of hydrogen-bond acceptors (Lipinski definition) is 3. The van der Waals surface area contributed by atoms with Gasteiger partial charge in [-0.2, -0.15) is 0 Å². The molecule has 1 heterocycles. The molecule has 1 N–H and O–H groups in total. The van der Waals surface area contributed by atoms with E-state index in [4.69, 9.17) is 15.9 Å². The first-order chi connectivity index (χ1) is 8.74. The summed E-state index contributed by atoms with van der Waals surface area (Å²) in [6.07, 6.45) is 7.54. The van der Waals surface area contributed by atoms with E-state index in [2.05, 4.69) is 34.1 Å². The van der Waals surface area contributed by atoms with E-state index in [0.29, 0.717) is 13.3 Å². The highest BCUT2D eigenvalue weighted by Gasteiger charge is 2.16. The minimum atomic E-state index is 0.118. The highest BCUT2D eigenvalue weighted by Crippen LogP contribution is 2.36. The van der Waals surface area contributed by atoms with E-state index < -0.39 is 0 Å². The van der Waals surface area contributed by atoms with E-state index in [1.54, 1.807) is 0 Å². The van der Waals surface area contributed by atoms with Crippen LogP contribution in [0.2, 0.25) is 0 Å². The van der Waals surface area contributed by atoms with Crippen LogP contribution in [-0.2, 0) is 6.54 Å². The molecule has 0 amide bonds. The first-order valence-electron chi connectivity index (χ1n) is 6.02. The summed E-state index contributed by atoms with van der Waals surface area (Å²) in [5.74, 6) is 4.34. The van der Waals surface area contributed by atoms with Crippen LogP contribution in [0, 0.1) is 12.3 Å². The third-order valence-electron chi connectivity index (χ3n) is 2.86. The monoisotopic (exact) mass is 309 g/mol. The fourth-order valence-corrected chi connectivity index (χ4v) is 2.32. The van der Waals surface area contributed by atoms with Gasteiger partial charge in [-0.15, -0.1) is 6.42 Å². The van der Waals surface area contributed by atoms with Crippen LogP contribution in [0.25, 0.3) is 0 Å². The predicted octanol–water partition coefficient (Wildman–Crippen LogP) is 3.07. The lowest BCUT2D eigenvalue weighted by molar-refractivity contribution is 0.174. The van der Waals surface area contributed by atoms with Gasteiger partial charge in [-0.1, -0.05) is 35.2 Å². The van der Waals surface area contributed by atoms with Gasteiger partial charge in [-0.25, -0.2) is 0 Å². The van der Waals surface area contributed by atoms with Gasteiger partial charge in [0, 0.05) is 11.0 Å². The lowest BCUT2D eigenvalue weighted by Crippen LogP contribution is -2.26. The van der Waals surface area contributed by atoms with Gasteiger partial charge in [0.15, 0.2) is 11.5 Å². The van der Waals surface area contributed by atoms with Crippen molar-refractivity contribution in [2.45, 2.75) is 32.4 Å². The standard InChI is InChI=1S/C14H16BrNO2/c1-3-5-11(4-2)16-8-10-6-13-14(7-12(10)15)18-9-17-13/h2,6-7,11,16H,3,5,8-9H2,1H3. The summed E-state index contributed by atoms with van der Waals surface area (Å²) in [4.78, 5) is 0. The van der Waals surface area contributed by atoms with Gasteiger partial charge in [0.25, 0.3) is 0 Å². The molecule has 1 aliphatic rings. The molecule has 0 aromatic heterocycles. The molecule has 18 heavy (non-hydrogen) atoms. The second kappa shape index (κ2) is 6.12. The van der Waals surface area contributed by atoms with Gasteiger partial charge in [0.05, 0.1) is 6.04 Å². The molecule has 0 spiro atoms. The van der Waals surface area contributed by atoms with Crippen molar-refractivity contribution >= 4 is 15.9 Å². The minimum absolute atomic E-state index is 0.118. The molecular weight excluding hydrogens is 294 g/mol. The van der Waals surface area contributed by atoms with Gasteiger partial charge in [0.1, 0.15) is 0 Å². The van der Waals surface area contributed by atoms with Crippen LogP contribution in [0.15, 0.2) is 16.6 Å². The van der Waals surface area contributed by atoms with Crippen LogP contribution in [0.1, 0.15) is 25.3 Å². The molecule has 96 valence electrons. The maximum absolute atomic E-state index is 5.48. The second-order valence-electron chi connectivity index (χ2n) is 4.19. The fourth-order valence-electron chi connectivity index (χ4n) is 1.86. The molecule has 1 atom stereocenters. The Morgan fingerprint density at radius 1 is 1.44 bits per heavy atom.